The van der Waals surface area contributed by atoms with Crippen LogP contribution in [-0.4, -0.2) is 30.0 Å². The highest BCUT2D eigenvalue weighted by molar-refractivity contribution is 5.83. The van der Waals surface area contributed by atoms with E-state index in [1.54, 1.807) is 13.2 Å². The maximum absolute atomic E-state index is 12.9. The van der Waals surface area contributed by atoms with Gasteiger partial charge in [-0.2, -0.15) is 0 Å². The molecule has 2 aliphatic rings. The van der Waals surface area contributed by atoms with Gasteiger partial charge in [0.2, 0.25) is 5.91 Å². The van der Waals surface area contributed by atoms with E-state index < -0.39 is 0 Å². The number of hydrogen-bond donors (Lipinski definition) is 0. The molecule has 1 heterocycles. The molecule has 4 rings (SSSR count). The SMILES string of the molecule is COc1ccc2c(C)c(CCC(=O)N(C3CCCC3)C3CC3)c(=O)oc2c1. The van der Waals surface area contributed by atoms with E-state index >= 15 is 0 Å². The molecule has 0 radical (unpaired) electrons. The van der Waals surface area contributed by atoms with Crippen molar-refractivity contribution in [1.82, 2.24) is 4.90 Å². The Labute approximate surface area is 159 Å². The molecule has 1 aromatic heterocycles. The monoisotopic (exact) mass is 369 g/mol. The van der Waals surface area contributed by atoms with Gasteiger partial charge >= 0.3 is 5.63 Å². The molecule has 2 aromatic rings. The highest BCUT2D eigenvalue weighted by Crippen LogP contribution is 2.35. The Morgan fingerprint density at radius 2 is 1.89 bits per heavy atom. The van der Waals surface area contributed by atoms with Crippen LogP contribution >= 0.6 is 0 Å². The summed E-state index contributed by atoms with van der Waals surface area (Å²) < 4.78 is 10.7. The summed E-state index contributed by atoms with van der Waals surface area (Å²) in [6, 6.07) is 6.34. The Kier molecular flexibility index (Phi) is 4.94. The standard InChI is InChI=1S/C22H27NO4/c1-14-18-10-9-17(26-2)13-20(18)27-22(25)19(14)11-12-21(24)23(16-7-8-16)15-5-3-4-6-15/h9-10,13,15-16H,3-8,11-12H2,1-2H3. The fourth-order valence-electron chi connectivity index (χ4n) is 4.39. The molecule has 2 fully saturated rings. The second kappa shape index (κ2) is 7.37. The zero-order valence-electron chi connectivity index (χ0n) is 16.1. The van der Waals surface area contributed by atoms with Crippen LogP contribution in [0.25, 0.3) is 11.0 Å². The Balaban J connectivity index is 1.54. The number of ether oxygens (including phenoxy) is 1. The van der Waals surface area contributed by atoms with Crippen molar-refractivity contribution < 1.29 is 13.9 Å². The lowest BCUT2D eigenvalue weighted by atomic mass is 10.0. The molecule has 5 heteroatoms. The quantitative estimate of drug-likeness (QED) is 0.723. The molecule has 1 amide bonds. The van der Waals surface area contributed by atoms with Gasteiger partial charge in [0.1, 0.15) is 11.3 Å². The van der Waals surface area contributed by atoms with Crippen molar-refractivity contribution >= 4 is 16.9 Å². The molecule has 0 saturated heterocycles. The van der Waals surface area contributed by atoms with Gasteiger partial charge in [-0.1, -0.05) is 12.8 Å². The van der Waals surface area contributed by atoms with Gasteiger partial charge in [0, 0.05) is 35.5 Å². The minimum absolute atomic E-state index is 0.193. The molecule has 0 spiro atoms. The first-order valence-electron chi connectivity index (χ1n) is 10.00. The normalized spacial score (nSPS) is 17.4. The molecule has 0 aliphatic heterocycles. The Hall–Kier alpha value is -2.30. The van der Waals surface area contributed by atoms with Crippen LogP contribution in [0.1, 0.15) is 56.1 Å². The number of methoxy groups -OCH3 is 1. The highest BCUT2D eigenvalue weighted by atomic mass is 16.5. The highest BCUT2D eigenvalue weighted by Gasteiger charge is 2.38. The number of carbonyl (C=O) groups is 1. The fourth-order valence-corrected chi connectivity index (χ4v) is 4.39. The van der Waals surface area contributed by atoms with E-state index in [-0.39, 0.29) is 11.5 Å². The first-order valence-corrected chi connectivity index (χ1v) is 10.00. The van der Waals surface area contributed by atoms with E-state index in [1.807, 2.05) is 19.1 Å². The number of amides is 1. The van der Waals surface area contributed by atoms with Crippen molar-refractivity contribution in [2.45, 2.75) is 70.4 Å². The summed E-state index contributed by atoms with van der Waals surface area (Å²) in [7, 11) is 1.59. The molecular weight excluding hydrogens is 342 g/mol. The second-order valence-corrected chi connectivity index (χ2v) is 7.83. The van der Waals surface area contributed by atoms with Crippen LogP contribution in [-0.2, 0) is 11.2 Å². The van der Waals surface area contributed by atoms with Crippen LogP contribution < -0.4 is 10.4 Å². The fraction of sp³-hybridized carbons (Fsp3) is 0.545. The summed E-state index contributed by atoms with van der Waals surface area (Å²) in [6.07, 6.45) is 7.76. The average molecular weight is 369 g/mol. The van der Waals surface area contributed by atoms with Crippen molar-refractivity contribution in [3.8, 4) is 5.75 Å². The number of carbonyl (C=O) groups excluding carboxylic acids is 1. The molecule has 0 atom stereocenters. The molecule has 27 heavy (non-hydrogen) atoms. The summed E-state index contributed by atoms with van der Waals surface area (Å²) in [5, 5.41) is 0.896. The Bertz CT molecular complexity index is 906. The van der Waals surface area contributed by atoms with Gasteiger partial charge in [-0.3, -0.25) is 4.79 Å². The molecule has 0 N–H and O–H groups in total. The maximum atomic E-state index is 12.9. The summed E-state index contributed by atoms with van der Waals surface area (Å²) in [5.74, 6) is 0.850. The van der Waals surface area contributed by atoms with Gasteiger partial charge in [-0.25, -0.2) is 4.79 Å². The van der Waals surface area contributed by atoms with Crippen molar-refractivity contribution in [3.05, 3.63) is 39.7 Å². The predicted octanol–water partition coefficient (Wildman–Crippen LogP) is 3.98. The lowest BCUT2D eigenvalue weighted by Gasteiger charge is -2.29. The number of hydrogen-bond acceptors (Lipinski definition) is 4. The summed E-state index contributed by atoms with van der Waals surface area (Å²) >= 11 is 0. The lowest BCUT2D eigenvalue weighted by molar-refractivity contribution is -0.134. The predicted molar refractivity (Wildman–Crippen MR) is 104 cm³/mol. The maximum Gasteiger partial charge on any atom is 0.339 e. The molecular formula is C22H27NO4. The van der Waals surface area contributed by atoms with Crippen LogP contribution in [0, 0.1) is 6.92 Å². The largest absolute Gasteiger partial charge is 0.497 e. The van der Waals surface area contributed by atoms with E-state index in [0.29, 0.717) is 41.8 Å². The van der Waals surface area contributed by atoms with Crippen LogP contribution in [0.3, 0.4) is 0 Å². The number of fused-ring (bicyclic) bond motifs is 1. The third-order valence-electron chi connectivity index (χ3n) is 6.03. The summed E-state index contributed by atoms with van der Waals surface area (Å²) in [6.45, 7) is 1.93. The lowest BCUT2D eigenvalue weighted by Crippen LogP contribution is -2.40. The van der Waals surface area contributed by atoms with Gasteiger partial charge in [0.15, 0.2) is 0 Å². The first kappa shape index (κ1) is 18.1. The van der Waals surface area contributed by atoms with Crippen molar-refractivity contribution in [1.29, 1.82) is 0 Å². The van der Waals surface area contributed by atoms with Gasteiger partial charge in [-0.15, -0.1) is 0 Å². The summed E-state index contributed by atoms with van der Waals surface area (Å²) in [4.78, 5) is 27.6. The topological polar surface area (TPSA) is 59.8 Å². The Morgan fingerprint density at radius 3 is 2.56 bits per heavy atom. The summed E-state index contributed by atoms with van der Waals surface area (Å²) in [5.41, 5.74) is 1.69. The molecule has 0 unspecified atom stereocenters. The number of benzene rings is 1. The first-order chi connectivity index (χ1) is 13.1. The molecule has 0 bridgehead atoms. The minimum Gasteiger partial charge on any atom is -0.497 e. The van der Waals surface area contributed by atoms with E-state index in [1.165, 1.54) is 12.8 Å². The third kappa shape index (κ3) is 3.60. The zero-order valence-corrected chi connectivity index (χ0v) is 16.1. The zero-order chi connectivity index (χ0) is 19.0. The van der Waals surface area contributed by atoms with Crippen LogP contribution in [0.4, 0.5) is 0 Å². The number of aryl methyl sites for hydroxylation is 1. The van der Waals surface area contributed by atoms with E-state index in [4.69, 9.17) is 9.15 Å². The molecule has 5 nitrogen and oxygen atoms in total. The molecule has 144 valence electrons. The van der Waals surface area contributed by atoms with E-state index in [2.05, 4.69) is 4.90 Å². The smallest absolute Gasteiger partial charge is 0.339 e. The van der Waals surface area contributed by atoms with E-state index in [9.17, 15) is 9.59 Å². The second-order valence-electron chi connectivity index (χ2n) is 7.83. The molecule has 2 aliphatic carbocycles. The van der Waals surface area contributed by atoms with Crippen molar-refractivity contribution in [2.24, 2.45) is 0 Å². The van der Waals surface area contributed by atoms with Crippen molar-refractivity contribution in [3.63, 3.8) is 0 Å². The minimum atomic E-state index is -0.347. The molecule has 2 saturated carbocycles. The van der Waals surface area contributed by atoms with Gasteiger partial charge in [0.05, 0.1) is 7.11 Å². The van der Waals surface area contributed by atoms with Crippen molar-refractivity contribution in [2.75, 3.05) is 7.11 Å². The molecule has 1 aromatic carbocycles. The van der Waals surface area contributed by atoms with Crippen LogP contribution in [0.5, 0.6) is 5.75 Å². The van der Waals surface area contributed by atoms with E-state index in [0.717, 1.165) is 36.6 Å². The van der Waals surface area contributed by atoms with Gasteiger partial charge in [-0.05, 0) is 56.7 Å². The van der Waals surface area contributed by atoms with Gasteiger partial charge in [0.25, 0.3) is 0 Å². The van der Waals surface area contributed by atoms with Gasteiger partial charge < -0.3 is 14.1 Å². The number of nitrogens with zero attached hydrogens (tertiary/aromatic N) is 1. The Morgan fingerprint density at radius 1 is 1.19 bits per heavy atom. The van der Waals surface area contributed by atoms with Crippen LogP contribution in [0.2, 0.25) is 0 Å². The third-order valence-corrected chi connectivity index (χ3v) is 6.03. The average Bonchev–Trinajstić information content (AvgIpc) is 3.34. The number of rotatable bonds is 6. The van der Waals surface area contributed by atoms with Crippen LogP contribution in [0.15, 0.2) is 27.4 Å².